The molecule has 0 aromatic carbocycles. The zero-order chi connectivity index (χ0) is 20.7. The lowest BCUT2D eigenvalue weighted by molar-refractivity contribution is -0.141. The van der Waals surface area contributed by atoms with Gasteiger partial charge < -0.3 is 4.74 Å². The van der Waals surface area contributed by atoms with Crippen molar-refractivity contribution in [3.63, 3.8) is 0 Å². The van der Waals surface area contributed by atoms with Crippen LogP contribution in [0.4, 0.5) is 0 Å². The van der Waals surface area contributed by atoms with E-state index in [-0.39, 0.29) is 12.4 Å². The molecule has 2 aromatic heterocycles. The molecule has 1 aliphatic carbocycles. The van der Waals surface area contributed by atoms with Crippen LogP contribution < -0.4 is 0 Å². The molecule has 0 spiro atoms. The van der Waals surface area contributed by atoms with Crippen molar-refractivity contribution < 1.29 is 9.53 Å². The number of esters is 1. The highest BCUT2D eigenvalue weighted by Crippen LogP contribution is 2.39. The summed E-state index contributed by atoms with van der Waals surface area (Å²) in [5, 5.41) is 9.72. The number of rotatable bonds is 3. The number of aromatic nitrogens is 3. The van der Waals surface area contributed by atoms with Crippen LogP contribution in [0.5, 0.6) is 0 Å². The van der Waals surface area contributed by atoms with Gasteiger partial charge in [-0.05, 0) is 32.3 Å². The molecule has 0 fully saturated rings. The number of carbonyl (C=O) groups is 1. The fourth-order valence-corrected chi connectivity index (χ4v) is 4.85. The molecule has 0 radical (unpaired) electrons. The Morgan fingerprint density at radius 3 is 2.79 bits per heavy atom. The van der Waals surface area contributed by atoms with Gasteiger partial charge in [0.2, 0.25) is 0 Å². The topological polar surface area (TPSA) is 69.4 Å². The van der Waals surface area contributed by atoms with Crippen molar-refractivity contribution in [2.45, 2.75) is 40.2 Å². The normalized spacial score (nSPS) is 20.3. The maximum Gasteiger partial charge on any atom is 0.308 e. The SMILES string of the molecule is COC(=O)C[C@@H]1N=C(C2=CC=CC(C)C=C2)c2c(sc(C)c2C)-n2c(C)nnc21. The first-order valence-corrected chi connectivity index (χ1v) is 10.5. The predicted molar refractivity (Wildman–Crippen MR) is 115 cm³/mol. The van der Waals surface area contributed by atoms with E-state index in [0.29, 0.717) is 11.7 Å². The number of nitrogens with zero attached hydrogens (tertiary/aromatic N) is 4. The molecule has 0 saturated carbocycles. The van der Waals surface area contributed by atoms with Gasteiger partial charge in [0.05, 0.1) is 19.2 Å². The summed E-state index contributed by atoms with van der Waals surface area (Å²) in [5.41, 5.74) is 4.19. The number of hydrogen-bond acceptors (Lipinski definition) is 6. The summed E-state index contributed by atoms with van der Waals surface area (Å²) in [5.74, 6) is 1.50. The Bertz CT molecular complexity index is 1100. The molecule has 6 nitrogen and oxygen atoms in total. The van der Waals surface area contributed by atoms with E-state index in [0.717, 1.165) is 27.7 Å². The number of fused-ring (bicyclic) bond motifs is 3. The maximum absolute atomic E-state index is 12.1. The van der Waals surface area contributed by atoms with E-state index in [2.05, 4.69) is 61.3 Å². The third-order valence-electron chi connectivity index (χ3n) is 5.37. The van der Waals surface area contributed by atoms with Gasteiger partial charge in [0.1, 0.15) is 16.9 Å². The molecule has 2 aromatic rings. The minimum Gasteiger partial charge on any atom is -0.469 e. The first kappa shape index (κ1) is 19.5. The number of hydrogen-bond donors (Lipinski definition) is 0. The third-order valence-corrected chi connectivity index (χ3v) is 6.56. The van der Waals surface area contributed by atoms with Crippen molar-refractivity contribution in [2.75, 3.05) is 7.11 Å². The molecule has 29 heavy (non-hydrogen) atoms. The number of ether oxygens (including phenoxy) is 1. The highest BCUT2D eigenvalue weighted by molar-refractivity contribution is 7.15. The lowest BCUT2D eigenvalue weighted by atomic mass is 9.98. The summed E-state index contributed by atoms with van der Waals surface area (Å²) in [6, 6.07) is -0.461. The molecule has 0 bridgehead atoms. The van der Waals surface area contributed by atoms with Crippen LogP contribution in [-0.2, 0) is 9.53 Å². The van der Waals surface area contributed by atoms with Crippen LogP contribution >= 0.6 is 11.3 Å². The van der Waals surface area contributed by atoms with Crippen molar-refractivity contribution in [3.8, 4) is 5.00 Å². The molecule has 3 heterocycles. The van der Waals surface area contributed by atoms with Crippen molar-refractivity contribution in [2.24, 2.45) is 10.9 Å². The highest BCUT2D eigenvalue weighted by Gasteiger charge is 2.32. The average molecular weight is 409 g/mol. The lowest BCUT2D eigenvalue weighted by Crippen LogP contribution is -2.12. The van der Waals surface area contributed by atoms with E-state index >= 15 is 0 Å². The summed E-state index contributed by atoms with van der Waals surface area (Å²) < 4.78 is 6.97. The molecule has 2 aliphatic rings. The number of aliphatic imine (C=N–C) groups is 1. The zero-order valence-electron chi connectivity index (χ0n) is 17.3. The predicted octanol–water partition coefficient (Wildman–Crippen LogP) is 4.35. The summed E-state index contributed by atoms with van der Waals surface area (Å²) in [7, 11) is 1.40. The highest BCUT2D eigenvalue weighted by atomic mass is 32.1. The molecule has 1 aliphatic heterocycles. The maximum atomic E-state index is 12.1. The van der Waals surface area contributed by atoms with Crippen LogP contribution in [0.1, 0.15) is 47.0 Å². The first-order valence-electron chi connectivity index (χ1n) is 9.65. The van der Waals surface area contributed by atoms with Crippen LogP contribution in [0, 0.1) is 26.7 Å². The van der Waals surface area contributed by atoms with Crippen LogP contribution in [-0.4, -0.2) is 33.6 Å². The minimum atomic E-state index is -0.461. The van der Waals surface area contributed by atoms with Gasteiger partial charge in [0.25, 0.3) is 0 Å². The largest absolute Gasteiger partial charge is 0.469 e. The Balaban J connectivity index is 1.98. The Labute approximate surface area is 174 Å². The second-order valence-electron chi connectivity index (χ2n) is 7.40. The number of allylic oxidation sites excluding steroid dienone is 6. The second kappa shape index (κ2) is 7.55. The van der Waals surface area contributed by atoms with Crippen LogP contribution in [0.25, 0.3) is 5.00 Å². The number of thiophene rings is 1. The van der Waals surface area contributed by atoms with Crippen LogP contribution in [0.3, 0.4) is 0 Å². The fourth-order valence-electron chi connectivity index (χ4n) is 3.63. The Morgan fingerprint density at radius 2 is 2.03 bits per heavy atom. The number of methoxy groups -OCH3 is 1. The van der Waals surface area contributed by atoms with Gasteiger partial charge in [-0.2, -0.15) is 0 Å². The van der Waals surface area contributed by atoms with Gasteiger partial charge in [-0.1, -0.05) is 37.3 Å². The van der Waals surface area contributed by atoms with E-state index in [1.54, 1.807) is 11.3 Å². The Kier molecular flexibility index (Phi) is 5.08. The standard InChI is InChI=1S/C22H24N4O2S/c1-12-7-6-8-16(10-9-12)20-19-13(2)14(3)29-22(19)26-15(4)24-25-21(26)17(23-20)11-18(27)28-5/h6-10,12,17H,11H2,1-5H3/t12?,17-/m0/s1. The van der Waals surface area contributed by atoms with E-state index in [4.69, 9.17) is 9.73 Å². The van der Waals surface area contributed by atoms with Crippen LogP contribution in [0.15, 0.2) is 40.9 Å². The quantitative estimate of drug-likeness (QED) is 0.708. The van der Waals surface area contributed by atoms with Crippen molar-refractivity contribution >= 4 is 23.0 Å². The van der Waals surface area contributed by atoms with Gasteiger partial charge in [-0.25, -0.2) is 0 Å². The second-order valence-corrected chi connectivity index (χ2v) is 8.61. The van der Waals surface area contributed by atoms with E-state index < -0.39 is 6.04 Å². The summed E-state index contributed by atoms with van der Waals surface area (Å²) in [6.45, 7) is 8.32. The summed E-state index contributed by atoms with van der Waals surface area (Å²) >= 11 is 1.71. The molecule has 0 N–H and O–H groups in total. The molecule has 0 amide bonds. The molecule has 150 valence electrons. The van der Waals surface area contributed by atoms with Gasteiger partial charge in [0, 0.05) is 16.0 Å². The Morgan fingerprint density at radius 1 is 1.24 bits per heavy atom. The number of aryl methyl sites for hydroxylation is 2. The van der Waals surface area contributed by atoms with E-state index in [9.17, 15) is 4.79 Å². The molecule has 4 rings (SSSR count). The zero-order valence-corrected chi connectivity index (χ0v) is 18.1. The molecule has 2 atom stereocenters. The monoisotopic (exact) mass is 408 g/mol. The van der Waals surface area contributed by atoms with Gasteiger partial charge in [-0.3, -0.25) is 14.4 Å². The van der Waals surface area contributed by atoms with Crippen LogP contribution in [0.2, 0.25) is 0 Å². The molecular formula is C22H24N4O2S. The van der Waals surface area contributed by atoms with Gasteiger partial charge in [0.15, 0.2) is 5.82 Å². The van der Waals surface area contributed by atoms with Gasteiger partial charge in [-0.15, -0.1) is 21.5 Å². The molecular weight excluding hydrogens is 384 g/mol. The molecule has 7 heteroatoms. The van der Waals surface area contributed by atoms with Crippen molar-refractivity contribution in [3.05, 3.63) is 63.6 Å². The van der Waals surface area contributed by atoms with E-state index in [1.807, 2.05) is 11.5 Å². The fraction of sp³-hybridized carbons (Fsp3) is 0.364. The first-order chi connectivity index (χ1) is 13.9. The van der Waals surface area contributed by atoms with Gasteiger partial charge >= 0.3 is 5.97 Å². The third kappa shape index (κ3) is 3.40. The summed E-state index contributed by atoms with van der Waals surface area (Å²) in [4.78, 5) is 18.4. The van der Waals surface area contributed by atoms with E-state index in [1.165, 1.54) is 17.6 Å². The van der Waals surface area contributed by atoms with Crippen molar-refractivity contribution in [1.82, 2.24) is 14.8 Å². The summed E-state index contributed by atoms with van der Waals surface area (Å²) in [6.07, 6.45) is 10.7. The molecule has 0 saturated heterocycles. The Hall–Kier alpha value is -2.80. The minimum absolute atomic E-state index is 0.119. The van der Waals surface area contributed by atoms with Crippen molar-refractivity contribution in [1.29, 1.82) is 0 Å². The average Bonchev–Trinajstić information content (AvgIpc) is 3.06. The molecule has 1 unspecified atom stereocenters. The lowest BCUT2D eigenvalue weighted by Gasteiger charge is -2.12. The smallest absolute Gasteiger partial charge is 0.308 e. The number of carbonyl (C=O) groups excluding carboxylic acids is 1.